The van der Waals surface area contributed by atoms with Crippen LogP contribution in [0.5, 0.6) is 0 Å². The summed E-state index contributed by atoms with van der Waals surface area (Å²) in [7, 11) is -2.81. The first-order chi connectivity index (χ1) is 10.8. The topological polar surface area (TPSA) is 81.1 Å². The summed E-state index contributed by atoms with van der Waals surface area (Å²) in [6.07, 6.45) is 3.98. The van der Waals surface area contributed by atoms with Crippen LogP contribution in [0.15, 0.2) is 41.6 Å². The molecule has 0 fully saturated rings. The van der Waals surface area contributed by atoms with Crippen molar-refractivity contribution >= 4 is 15.7 Å². The number of hydrogen-bond donors (Lipinski definition) is 1. The number of carbonyl (C=O) groups excluding carboxylic acids is 1. The Hall–Kier alpha value is -2.29. The van der Waals surface area contributed by atoms with Crippen LogP contribution in [0.4, 0.5) is 8.78 Å². The minimum atomic E-state index is -4.65. The standard InChI is InChI=1S/C14H15F2N3O3S/c1-19-9-8-17-12(19)6-7-18-13(20)10-2-4-11(5-3-10)23(21,22)14(15)16/h2-5,8-9,14H,6-7H2,1H3,(H,18,20). The van der Waals surface area contributed by atoms with Crippen molar-refractivity contribution in [2.75, 3.05) is 6.54 Å². The molecule has 0 aliphatic carbocycles. The van der Waals surface area contributed by atoms with Gasteiger partial charge in [-0.2, -0.15) is 8.78 Å². The third-order valence-electron chi connectivity index (χ3n) is 3.23. The minimum Gasteiger partial charge on any atom is -0.352 e. The average molecular weight is 343 g/mol. The fraction of sp³-hybridized carbons (Fsp3) is 0.286. The number of benzene rings is 1. The number of aryl methyl sites for hydroxylation is 1. The molecule has 1 amide bonds. The fourth-order valence-electron chi connectivity index (χ4n) is 1.93. The van der Waals surface area contributed by atoms with Gasteiger partial charge >= 0.3 is 5.76 Å². The lowest BCUT2D eigenvalue weighted by Crippen LogP contribution is -2.26. The highest BCUT2D eigenvalue weighted by Crippen LogP contribution is 2.18. The molecule has 6 nitrogen and oxygen atoms in total. The molecule has 0 unspecified atom stereocenters. The number of nitrogens with zero attached hydrogens (tertiary/aromatic N) is 2. The average Bonchev–Trinajstić information content (AvgIpc) is 2.92. The number of carbonyl (C=O) groups is 1. The molecule has 1 aromatic heterocycles. The molecule has 1 heterocycles. The van der Waals surface area contributed by atoms with Gasteiger partial charge in [0.05, 0.1) is 4.90 Å². The molecule has 1 aromatic carbocycles. The van der Waals surface area contributed by atoms with E-state index < -0.39 is 26.4 Å². The maximum atomic E-state index is 12.4. The van der Waals surface area contributed by atoms with Crippen LogP contribution in [-0.2, 0) is 23.3 Å². The van der Waals surface area contributed by atoms with Crippen LogP contribution < -0.4 is 5.32 Å². The van der Waals surface area contributed by atoms with Crippen LogP contribution >= 0.6 is 0 Å². The van der Waals surface area contributed by atoms with Crippen molar-refractivity contribution < 1.29 is 22.0 Å². The van der Waals surface area contributed by atoms with Crippen molar-refractivity contribution in [1.82, 2.24) is 14.9 Å². The molecular weight excluding hydrogens is 328 g/mol. The number of rotatable bonds is 6. The highest BCUT2D eigenvalue weighted by atomic mass is 32.2. The number of hydrogen-bond acceptors (Lipinski definition) is 4. The Morgan fingerprint density at radius 1 is 1.30 bits per heavy atom. The van der Waals surface area contributed by atoms with Crippen molar-refractivity contribution in [1.29, 1.82) is 0 Å². The Balaban J connectivity index is 1.97. The third kappa shape index (κ3) is 3.92. The van der Waals surface area contributed by atoms with Gasteiger partial charge in [0, 0.05) is 38.0 Å². The van der Waals surface area contributed by atoms with E-state index in [1.807, 2.05) is 11.6 Å². The first-order valence-electron chi connectivity index (χ1n) is 6.69. The molecule has 0 aliphatic rings. The summed E-state index contributed by atoms with van der Waals surface area (Å²) in [5.41, 5.74) is 0.193. The predicted octanol–water partition coefficient (Wildman–Crippen LogP) is 1.39. The third-order valence-corrected chi connectivity index (χ3v) is 4.63. The molecule has 0 radical (unpaired) electrons. The lowest BCUT2D eigenvalue weighted by Gasteiger charge is -2.07. The van der Waals surface area contributed by atoms with E-state index in [1.54, 1.807) is 12.4 Å². The molecule has 0 saturated carbocycles. The number of halogens is 2. The van der Waals surface area contributed by atoms with Gasteiger partial charge in [-0.15, -0.1) is 0 Å². The van der Waals surface area contributed by atoms with E-state index in [9.17, 15) is 22.0 Å². The summed E-state index contributed by atoms with van der Waals surface area (Å²) in [4.78, 5) is 15.5. The van der Waals surface area contributed by atoms with Gasteiger partial charge in [0.25, 0.3) is 5.91 Å². The van der Waals surface area contributed by atoms with E-state index in [4.69, 9.17) is 0 Å². The summed E-state index contributed by atoms with van der Waals surface area (Å²) in [6.45, 7) is 0.348. The van der Waals surface area contributed by atoms with Crippen LogP contribution in [0.1, 0.15) is 16.2 Å². The Labute approximate surface area is 132 Å². The fourth-order valence-corrected chi connectivity index (χ4v) is 2.65. The molecule has 0 spiro atoms. The second kappa shape index (κ2) is 6.86. The van der Waals surface area contributed by atoms with Gasteiger partial charge < -0.3 is 9.88 Å². The SMILES string of the molecule is Cn1ccnc1CCNC(=O)c1ccc(S(=O)(=O)C(F)F)cc1. The normalized spacial score (nSPS) is 11.7. The van der Waals surface area contributed by atoms with E-state index in [1.165, 1.54) is 12.1 Å². The quantitative estimate of drug-likeness (QED) is 0.859. The van der Waals surface area contributed by atoms with Crippen LogP contribution in [0.2, 0.25) is 0 Å². The summed E-state index contributed by atoms with van der Waals surface area (Å²) in [6, 6.07) is 4.39. The van der Waals surface area contributed by atoms with Crippen molar-refractivity contribution in [2.24, 2.45) is 7.05 Å². The van der Waals surface area contributed by atoms with E-state index in [0.29, 0.717) is 13.0 Å². The molecule has 2 rings (SSSR count). The van der Waals surface area contributed by atoms with Gasteiger partial charge in [0.15, 0.2) is 0 Å². The minimum absolute atomic E-state index is 0.193. The highest BCUT2D eigenvalue weighted by molar-refractivity contribution is 7.91. The maximum Gasteiger partial charge on any atom is 0.341 e. The molecule has 0 bridgehead atoms. The number of amides is 1. The Morgan fingerprint density at radius 2 is 1.96 bits per heavy atom. The van der Waals surface area contributed by atoms with Crippen molar-refractivity contribution in [3.05, 3.63) is 48.0 Å². The van der Waals surface area contributed by atoms with E-state index >= 15 is 0 Å². The molecule has 23 heavy (non-hydrogen) atoms. The zero-order valence-corrected chi connectivity index (χ0v) is 13.1. The van der Waals surface area contributed by atoms with E-state index in [0.717, 1.165) is 18.0 Å². The van der Waals surface area contributed by atoms with E-state index in [-0.39, 0.29) is 5.56 Å². The van der Waals surface area contributed by atoms with E-state index in [2.05, 4.69) is 10.3 Å². The smallest absolute Gasteiger partial charge is 0.341 e. The monoisotopic (exact) mass is 343 g/mol. The lowest BCUT2D eigenvalue weighted by atomic mass is 10.2. The van der Waals surface area contributed by atoms with Gasteiger partial charge in [-0.25, -0.2) is 13.4 Å². The Kier molecular flexibility index (Phi) is 5.09. The zero-order chi connectivity index (χ0) is 17.0. The molecular formula is C14H15F2N3O3S. The first-order valence-corrected chi connectivity index (χ1v) is 8.23. The first kappa shape index (κ1) is 17.1. The Morgan fingerprint density at radius 3 is 2.48 bits per heavy atom. The number of aromatic nitrogens is 2. The largest absolute Gasteiger partial charge is 0.352 e. The van der Waals surface area contributed by atoms with Crippen LogP contribution in [0.3, 0.4) is 0 Å². The molecule has 0 saturated heterocycles. The van der Waals surface area contributed by atoms with Gasteiger partial charge in [-0.1, -0.05) is 0 Å². The number of sulfone groups is 1. The second-order valence-corrected chi connectivity index (χ2v) is 6.71. The van der Waals surface area contributed by atoms with Gasteiger partial charge in [-0.3, -0.25) is 4.79 Å². The number of imidazole rings is 1. The summed E-state index contributed by atoms with van der Waals surface area (Å²) in [5, 5.41) is 2.66. The summed E-state index contributed by atoms with van der Waals surface area (Å²) >= 11 is 0. The van der Waals surface area contributed by atoms with Crippen LogP contribution in [0, 0.1) is 0 Å². The molecule has 2 aromatic rings. The molecule has 1 N–H and O–H groups in total. The predicted molar refractivity (Wildman–Crippen MR) is 78.9 cm³/mol. The molecule has 0 atom stereocenters. The summed E-state index contributed by atoms with van der Waals surface area (Å²) < 4.78 is 49.2. The van der Waals surface area contributed by atoms with Crippen LogP contribution in [0.25, 0.3) is 0 Å². The van der Waals surface area contributed by atoms with Gasteiger partial charge in [0.2, 0.25) is 9.84 Å². The second-order valence-electron chi connectivity index (χ2n) is 4.79. The highest BCUT2D eigenvalue weighted by Gasteiger charge is 2.26. The molecule has 124 valence electrons. The van der Waals surface area contributed by atoms with Crippen molar-refractivity contribution in [3.63, 3.8) is 0 Å². The van der Waals surface area contributed by atoms with Crippen LogP contribution in [-0.4, -0.2) is 36.2 Å². The Bertz CT molecular complexity index is 786. The molecule has 0 aliphatic heterocycles. The summed E-state index contributed by atoms with van der Waals surface area (Å²) in [5.74, 6) is -3.09. The molecule has 9 heteroatoms. The maximum absolute atomic E-state index is 12.4. The zero-order valence-electron chi connectivity index (χ0n) is 12.2. The van der Waals surface area contributed by atoms with Crippen molar-refractivity contribution in [2.45, 2.75) is 17.1 Å². The lowest BCUT2D eigenvalue weighted by molar-refractivity contribution is 0.0954. The van der Waals surface area contributed by atoms with Gasteiger partial charge in [-0.05, 0) is 24.3 Å². The van der Waals surface area contributed by atoms with Crippen molar-refractivity contribution in [3.8, 4) is 0 Å². The van der Waals surface area contributed by atoms with Gasteiger partial charge in [0.1, 0.15) is 5.82 Å². The number of nitrogens with one attached hydrogen (secondary N) is 1. The number of alkyl halides is 2.